The average Bonchev–Trinajstić information content (AvgIpc) is 2.62. The van der Waals surface area contributed by atoms with Gasteiger partial charge < -0.3 is 4.57 Å². The maximum absolute atomic E-state index is 5.00. The minimum atomic E-state index is 0.600. The number of aromatic amines is 1. The van der Waals surface area contributed by atoms with Crippen molar-refractivity contribution >= 4 is 23.8 Å². The van der Waals surface area contributed by atoms with Crippen molar-refractivity contribution < 1.29 is 0 Å². The van der Waals surface area contributed by atoms with Crippen molar-refractivity contribution in [2.45, 2.75) is 6.92 Å². The topological polar surface area (TPSA) is 59.4 Å². The van der Waals surface area contributed by atoms with Crippen LogP contribution in [0.4, 0.5) is 0 Å². The van der Waals surface area contributed by atoms with Gasteiger partial charge in [-0.2, -0.15) is 5.10 Å². The smallest absolute Gasteiger partial charge is 0.195 e. The third-order valence-corrected chi connectivity index (χ3v) is 2.92. The first-order chi connectivity index (χ1) is 6.20. The molecule has 0 spiro atoms. The predicted molar refractivity (Wildman–Crippen MR) is 52.0 cm³/mol. The Morgan fingerprint density at radius 3 is 2.77 bits per heavy atom. The molecule has 0 atom stereocenters. The quantitative estimate of drug-likeness (QED) is 0.725. The lowest BCUT2D eigenvalue weighted by atomic mass is 10.4. The normalized spacial score (nSPS) is 10.6. The van der Waals surface area contributed by atoms with Gasteiger partial charge in [-0.1, -0.05) is 4.49 Å². The van der Waals surface area contributed by atoms with E-state index in [0.717, 1.165) is 16.4 Å². The number of hydrogen-bond acceptors (Lipinski definition) is 5. The predicted octanol–water partition coefficient (Wildman–Crippen LogP) is 1.30. The van der Waals surface area contributed by atoms with Gasteiger partial charge in [0.05, 0.1) is 5.69 Å². The molecule has 0 saturated heterocycles. The van der Waals surface area contributed by atoms with Crippen LogP contribution in [0.2, 0.25) is 0 Å². The van der Waals surface area contributed by atoms with Crippen LogP contribution in [-0.4, -0.2) is 24.4 Å². The summed E-state index contributed by atoms with van der Waals surface area (Å²) in [5.74, 6) is 0.789. The number of aryl methyl sites for hydroxylation is 1. The number of rotatable bonds is 1. The van der Waals surface area contributed by atoms with Gasteiger partial charge in [0.15, 0.2) is 10.6 Å². The van der Waals surface area contributed by atoms with Crippen molar-refractivity contribution in [2.24, 2.45) is 7.05 Å². The highest BCUT2D eigenvalue weighted by molar-refractivity contribution is 7.71. The van der Waals surface area contributed by atoms with Crippen LogP contribution < -0.4 is 0 Å². The molecule has 1 N–H and O–H groups in total. The molecule has 0 aliphatic carbocycles. The van der Waals surface area contributed by atoms with Gasteiger partial charge >= 0.3 is 0 Å². The standard InChI is InChI=1S/C6H7N5S2/c1-3-4(13-10-7-3)5-8-9-6(12)11(5)2/h1-2H3,(H,9,12). The fourth-order valence-corrected chi connectivity index (χ4v) is 1.80. The summed E-state index contributed by atoms with van der Waals surface area (Å²) in [4.78, 5) is 0.954. The molecule has 5 nitrogen and oxygen atoms in total. The van der Waals surface area contributed by atoms with Crippen molar-refractivity contribution in [2.75, 3.05) is 0 Å². The van der Waals surface area contributed by atoms with E-state index < -0.39 is 0 Å². The Morgan fingerprint density at radius 1 is 1.54 bits per heavy atom. The van der Waals surface area contributed by atoms with E-state index in [9.17, 15) is 0 Å². The van der Waals surface area contributed by atoms with Crippen molar-refractivity contribution in [3.8, 4) is 10.7 Å². The third-order valence-electron chi connectivity index (χ3n) is 1.73. The molecule has 7 heteroatoms. The molecule has 0 aliphatic rings. The Kier molecular flexibility index (Phi) is 1.97. The number of hydrogen-bond donors (Lipinski definition) is 1. The van der Waals surface area contributed by atoms with E-state index in [0.29, 0.717) is 4.77 Å². The third kappa shape index (κ3) is 1.29. The molecule has 0 fully saturated rings. The molecule has 2 aromatic heterocycles. The lowest BCUT2D eigenvalue weighted by Crippen LogP contribution is -1.91. The highest BCUT2D eigenvalue weighted by Gasteiger charge is 2.11. The molecule has 2 heterocycles. The van der Waals surface area contributed by atoms with Crippen LogP contribution in [0.1, 0.15) is 5.69 Å². The first-order valence-corrected chi connectivity index (χ1v) is 4.79. The van der Waals surface area contributed by atoms with Crippen molar-refractivity contribution in [3.63, 3.8) is 0 Å². The summed E-state index contributed by atoms with van der Waals surface area (Å²) in [5.41, 5.74) is 0.877. The van der Waals surface area contributed by atoms with Crippen LogP contribution in [0.25, 0.3) is 10.7 Å². The first kappa shape index (κ1) is 8.52. The molecular formula is C6H7N5S2. The van der Waals surface area contributed by atoms with Crippen LogP contribution in [-0.2, 0) is 7.05 Å². The van der Waals surface area contributed by atoms with Crippen LogP contribution in [0.3, 0.4) is 0 Å². The van der Waals surface area contributed by atoms with E-state index in [2.05, 4.69) is 19.8 Å². The van der Waals surface area contributed by atoms with Gasteiger partial charge in [-0.05, 0) is 30.7 Å². The molecule has 68 valence electrons. The van der Waals surface area contributed by atoms with Gasteiger partial charge in [0.2, 0.25) is 0 Å². The van der Waals surface area contributed by atoms with Crippen molar-refractivity contribution in [1.82, 2.24) is 24.4 Å². The number of nitrogens with zero attached hydrogens (tertiary/aromatic N) is 4. The largest absolute Gasteiger partial charge is 0.303 e. The number of nitrogens with one attached hydrogen (secondary N) is 1. The van der Waals surface area contributed by atoms with Gasteiger partial charge in [0.25, 0.3) is 0 Å². The summed E-state index contributed by atoms with van der Waals surface area (Å²) in [7, 11) is 1.86. The first-order valence-electron chi connectivity index (χ1n) is 3.61. The highest BCUT2D eigenvalue weighted by atomic mass is 32.1. The van der Waals surface area contributed by atoms with Gasteiger partial charge in [-0.25, -0.2) is 0 Å². The number of H-pyrrole nitrogens is 1. The maximum Gasteiger partial charge on any atom is 0.195 e. The molecule has 0 unspecified atom stereocenters. The van der Waals surface area contributed by atoms with Crippen molar-refractivity contribution in [3.05, 3.63) is 10.5 Å². The summed E-state index contributed by atoms with van der Waals surface area (Å²) in [6, 6.07) is 0. The zero-order valence-electron chi connectivity index (χ0n) is 7.11. The SMILES string of the molecule is Cc1nnsc1-c1n[nH]c(=S)n1C. The second-order valence-corrected chi connectivity index (χ2v) is 3.74. The van der Waals surface area contributed by atoms with Crippen LogP contribution in [0.15, 0.2) is 0 Å². The molecule has 13 heavy (non-hydrogen) atoms. The van der Waals surface area contributed by atoms with E-state index >= 15 is 0 Å². The minimum absolute atomic E-state index is 0.600. The zero-order chi connectivity index (χ0) is 9.42. The monoisotopic (exact) mass is 213 g/mol. The Morgan fingerprint density at radius 2 is 2.31 bits per heavy atom. The van der Waals surface area contributed by atoms with Crippen LogP contribution >= 0.6 is 23.8 Å². The van der Waals surface area contributed by atoms with Gasteiger partial charge in [0, 0.05) is 7.05 Å². The van der Waals surface area contributed by atoms with E-state index in [1.54, 1.807) is 4.57 Å². The molecule has 0 saturated carbocycles. The molecule has 2 rings (SSSR count). The fraction of sp³-hybridized carbons (Fsp3) is 0.333. The molecule has 0 aliphatic heterocycles. The summed E-state index contributed by atoms with van der Waals surface area (Å²) < 4.78 is 6.24. The second-order valence-electron chi connectivity index (χ2n) is 2.60. The lowest BCUT2D eigenvalue weighted by molar-refractivity contribution is 0.902. The lowest BCUT2D eigenvalue weighted by Gasteiger charge is -1.94. The Labute approximate surface area is 83.6 Å². The Balaban J connectivity index is 2.65. The molecular weight excluding hydrogens is 206 g/mol. The van der Waals surface area contributed by atoms with Gasteiger partial charge in [0.1, 0.15) is 4.88 Å². The molecule has 0 radical (unpaired) electrons. The van der Waals surface area contributed by atoms with Gasteiger partial charge in [-0.3, -0.25) is 5.10 Å². The Bertz CT molecular complexity index is 479. The highest BCUT2D eigenvalue weighted by Crippen LogP contribution is 2.22. The minimum Gasteiger partial charge on any atom is -0.303 e. The van der Waals surface area contributed by atoms with Crippen LogP contribution in [0.5, 0.6) is 0 Å². The summed E-state index contributed by atoms with van der Waals surface area (Å²) in [5, 5.41) is 10.7. The number of aromatic nitrogens is 5. The maximum atomic E-state index is 5.00. The molecule has 0 aromatic carbocycles. The average molecular weight is 213 g/mol. The summed E-state index contributed by atoms with van der Waals surface area (Å²) >= 11 is 6.32. The van der Waals surface area contributed by atoms with E-state index in [1.807, 2.05) is 14.0 Å². The zero-order valence-corrected chi connectivity index (χ0v) is 8.74. The second kappa shape index (κ2) is 3.00. The molecule has 0 bridgehead atoms. The van der Waals surface area contributed by atoms with E-state index in [1.165, 1.54) is 11.5 Å². The molecule has 0 amide bonds. The van der Waals surface area contributed by atoms with E-state index in [4.69, 9.17) is 12.2 Å². The van der Waals surface area contributed by atoms with E-state index in [-0.39, 0.29) is 0 Å². The molecule has 2 aromatic rings. The van der Waals surface area contributed by atoms with Crippen LogP contribution in [0, 0.1) is 11.7 Å². The summed E-state index contributed by atoms with van der Waals surface area (Å²) in [6.45, 7) is 1.90. The fourth-order valence-electron chi connectivity index (χ4n) is 0.987. The van der Waals surface area contributed by atoms with Gasteiger partial charge in [-0.15, -0.1) is 5.10 Å². The summed E-state index contributed by atoms with van der Waals surface area (Å²) in [6.07, 6.45) is 0. The Hall–Kier alpha value is -1.08. The van der Waals surface area contributed by atoms with Crippen molar-refractivity contribution in [1.29, 1.82) is 0 Å².